The van der Waals surface area contributed by atoms with Crippen molar-refractivity contribution < 1.29 is 0 Å². The summed E-state index contributed by atoms with van der Waals surface area (Å²) in [6.45, 7) is 0. The Bertz CT molecular complexity index is 2430. The Morgan fingerprint density at radius 2 is 0.978 bits per heavy atom. The van der Waals surface area contributed by atoms with Gasteiger partial charge in [0.1, 0.15) is 0 Å². The van der Waals surface area contributed by atoms with E-state index in [0.29, 0.717) is 0 Å². The average Bonchev–Trinajstić information content (AvgIpc) is 3.68. The fourth-order valence-electron chi connectivity index (χ4n) is 6.62. The summed E-state index contributed by atoms with van der Waals surface area (Å²) in [4.78, 5) is 5.14. The molecule has 0 saturated heterocycles. The van der Waals surface area contributed by atoms with Crippen molar-refractivity contribution >= 4 is 42.5 Å². The number of aromatic nitrogens is 2. The summed E-state index contributed by atoms with van der Waals surface area (Å²) in [5.74, 6) is 0. The average molecular weight is 605 g/mol. The van der Waals surface area contributed by atoms with E-state index in [4.69, 9.17) is 4.98 Å². The molecule has 2 nitrogen and oxygen atoms in total. The van der Waals surface area contributed by atoms with Gasteiger partial charge >= 0.3 is 0 Å². The van der Waals surface area contributed by atoms with E-state index < -0.39 is 0 Å². The second-order valence-electron chi connectivity index (χ2n) is 11.6. The fraction of sp³-hybridized carbons (Fsp3) is 0. The number of hydrogen-bond acceptors (Lipinski definition) is 2. The number of para-hydroxylation sites is 2. The molecule has 3 heteroatoms. The van der Waals surface area contributed by atoms with Gasteiger partial charge in [-0.2, -0.15) is 0 Å². The van der Waals surface area contributed by atoms with Crippen LogP contribution in [0.2, 0.25) is 0 Å². The molecule has 0 aliphatic heterocycles. The summed E-state index contributed by atoms with van der Waals surface area (Å²) < 4.78 is 5.06. The summed E-state index contributed by atoms with van der Waals surface area (Å²) in [6.07, 6.45) is 0. The van der Waals surface area contributed by atoms with E-state index in [0.717, 1.165) is 28.1 Å². The molecule has 0 radical (unpaired) electrons. The number of benzene rings is 6. The summed E-state index contributed by atoms with van der Waals surface area (Å²) >= 11 is 1.89. The molecule has 3 aromatic heterocycles. The van der Waals surface area contributed by atoms with Crippen LogP contribution in [-0.2, 0) is 0 Å². The minimum atomic E-state index is 0.968. The smallest absolute Gasteiger partial charge is 0.0727 e. The molecule has 3 heterocycles. The Morgan fingerprint density at radius 3 is 1.70 bits per heavy atom. The molecule has 0 N–H and O–H groups in total. The molecule has 0 bridgehead atoms. The first-order valence-electron chi connectivity index (χ1n) is 15.6. The number of hydrogen-bond donors (Lipinski definition) is 0. The van der Waals surface area contributed by atoms with Crippen LogP contribution in [0.25, 0.3) is 81.7 Å². The standard InChI is InChI=1S/C43H28N2S/c1-4-13-29(14-5-1)33-27-38(31-15-6-2-7-16-31)44-39(28-33)32-25-23-30(24-26-32)35-20-12-21-37-41-43(46-42(35)37)36-19-10-11-22-40(36)45(41)34-17-8-3-9-18-34/h1-28H. The van der Waals surface area contributed by atoms with Crippen molar-refractivity contribution in [1.29, 1.82) is 0 Å². The highest BCUT2D eigenvalue weighted by Crippen LogP contribution is 2.45. The maximum absolute atomic E-state index is 5.14. The molecule has 216 valence electrons. The zero-order valence-corrected chi connectivity index (χ0v) is 25.8. The third-order valence-corrected chi connectivity index (χ3v) is 10.1. The van der Waals surface area contributed by atoms with E-state index >= 15 is 0 Å². The first-order chi connectivity index (χ1) is 22.8. The van der Waals surface area contributed by atoms with Crippen molar-refractivity contribution in [3.05, 3.63) is 170 Å². The van der Waals surface area contributed by atoms with E-state index in [-0.39, 0.29) is 0 Å². The molecule has 0 unspecified atom stereocenters. The molecule has 6 aromatic carbocycles. The predicted molar refractivity (Wildman–Crippen MR) is 196 cm³/mol. The van der Waals surface area contributed by atoms with Crippen molar-refractivity contribution in [3.63, 3.8) is 0 Å². The van der Waals surface area contributed by atoms with E-state index in [1.165, 1.54) is 53.6 Å². The highest BCUT2D eigenvalue weighted by molar-refractivity contribution is 7.27. The zero-order chi connectivity index (χ0) is 30.5. The quantitative estimate of drug-likeness (QED) is 0.191. The van der Waals surface area contributed by atoms with Gasteiger partial charge in [-0.15, -0.1) is 11.3 Å². The summed E-state index contributed by atoms with van der Waals surface area (Å²) in [5.41, 5.74) is 12.7. The zero-order valence-electron chi connectivity index (χ0n) is 25.0. The minimum Gasteiger partial charge on any atom is -0.308 e. The number of rotatable bonds is 5. The molecule has 9 aromatic rings. The molecular weight excluding hydrogens is 577 g/mol. The number of thiophene rings is 1. The second kappa shape index (κ2) is 11.0. The molecule has 46 heavy (non-hydrogen) atoms. The summed E-state index contributed by atoms with van der Waals surface area (Å²) in [5, 5.41) is 2.58. The van der Waals surface area contributed by atoms with Crippen LogP contribution in [0.4, 0.5) is 0 Å². The number of pyridine rings is 1. The second-order valence-corrected chi connectivity index (χ2v) is 12.6. The van der Waals surface area contributed by atoms with E-state index in [9.17, 15) is 0 Å². The van der Waals surface area contributed by atoms with Crippen LogP contribution in [0.3, 0.4) is 0 Å². The highest BCUT2D eigenvalue weighted by atomic mass is 32.1. The predicted octanol–water partition coefficient (Wildman–Crippen LogP) is 12.1. The summed E-state index contributed by atoms with van der Waals surface area (Å²) in [7, 11) is 0. The third kappa shape index (κ3) is 4.44. The lowest BCUT2D eigenvalue weighted by atomic mass is 9.98. The first-order valence-corrected chi connectivity index (χ1v) is 16.4. The molecule has 9 rings (SSSR count). The topological polar surface area (TPSA) is 17.8 Å². The van der Waals surface area contributed by atoms with Crippen LogP contribution in [-0.4, -0.2) is 9.55 Å². The molecule has 0 amide bonds. The van der Waals surface area contributed by atoms with Crippen LogP contribution in [0.1, 0.15) is 0 Å². The molecule has 0 spiro atoms. The van der Waals surface area contributed by atoms with Gasteiger partial charge in [0, 0.05) is 32.3 Å². The van der Waals surface area contributed by atoms with Crippen molar-refractivity contribution in [2.75, 3.05) is 0 Å². The lowest BCUT2D eigenvalue weighted by Gasteiger charge is -2.11. The Kier molecular flexibility index (Phi) is 6.36. The van der Waals surface area contributed by atoms with Crippen molar-refractivity contribution in [3.8, 4) is 50.5 Å². The summed E-state index contributed by atoms with van der Waals surface area (Å²) in [6, 6.07) is 60.5. The van der Waals surface area contributed by atoms with Crippen LogP contribution >= 0.6 is 11.3 Å². The maximum Gasteiger partial charge on any atom is 0.0727 e. The van der Waals surface area contributed by atoms with E-state index in [1.807, 2.05) is 17.4 Å². The Balaban J connectivity index is 1.18. The fourth-order valence-corrected chi connectivity index (χ4v) is 7.97. The number of fused-ring (bicyclic) bond motifs is 5. The van der Waals surface area contributed by atoms with Crippen LogP contribution in [0, 0.1) is 0 Å². The largest absolute Gasteiger partial charge is 0.308 e. The Labute approximate surface area is 271 Å². The molecule has 0 saturated carbocycles. The van der Waals surface area contributed by atoms with Gasteiger partial charge in [0.25, 0.3) is 0 Å². The van der Waals surface area contributed by atoms with Gasteiger partial charge < -0.3 is 4.57 Å². The maximum atomic E-state index is 5.14. The number of nitrogens with zero attached hydrogens (tertiary/aromatic N) is 2. The van der Waals surface area contributed by atoms with Gasteiger partial charge in [0.05, 0.1) is 27.1 Å². The van der Waals surface area contributed by atoms with Gasteiger partial charge in [-0.25, -0.2) is 4.98 Å². The normalized spacial score (nSPS) is 11.5. The lowest BCUT2D eigenvalue weighted by Crippen LogP contribution is -1.93. The molecule has 0 atom stereocenters. The Morgan fingerprint density at radius 1 is 0.413 bits per heavy atom. The highest BCUT2D eigenvalue weighted by Gasteiger charge is 2.19. The molecule has 0 fully saturated rings. The van der Waals surface area contributed by atoms with Crippen molar-refractivity contribution in [1.82, 2.24) is 9.55 Å². The molecule has 0 aliphatic carbocycles. The van der Waals surface area contributed by atoms with E-state index in [1.54, 1.807) is 0 Å². The molecular formula is C43H28N2S. The van der Waals surface area contributed by atoms with Crippen molar-refractivity contribution in [2.45, 2.75) is 0 Å². The monoisotopic (exact) mass is 604 g/mol. The molecule has 0 aliphatic rings. The van der Waals surface area contributed by atoms with Crippen molar-refractivity contribution in [2.24, 2.45) is 0 Å². The van der Waals surface area contributed by atoms with Crippen LogP contribution in [0.5, 0.6) is 0 Å². The van der Waals surface area contributed by atoms with Gasteiger partial charge in [0.15, 0.2) is 0 Å². The van der Waals surface area contributed by atoms with Crippen LogP contribution < -0.4 is 0 Å². The third-order valence-electron chi connectivity index (χ3n) is 8.81. The first kappa shape index (κ1) is 26.6. The lowest BCUT2D eigenvalue weighted by molar-refractivity contribution is 1.19. The van der Waals surface area contributed by atoms with Crippen LogP contribution in [0.15, 0.2) is 170 Å². The SMILES string of the molecule is c1ccc(-c2cc(-c3ccccc3)nc(-c3ccc(-c4cccc5c4sc4c6ccccc6n(-c6ccccc6)c54)cc3)c2)cc1. The van der Waals surface area contributed by atoms with Gasteiger partial charge in [0.2, 0.25) is 0 Å². The van der Waals surface area contributed by atoms with Gasteiger partial charge in [-0.3, -0.25) is 0 Å². The van der Waals surface area contributed by atoms with Gasteiger partial charge in [-0.1, -0.05) is 140 Å². The minimum absolute atomic E-state index is 0.968. The van der Waals surface area contributed by atoms with Gasteiger partial charge in [-0.05, 0) is 52.6 Å². The Hall–Kier alpha value is -5.77. The van der Waals surface area contributed by atoms with E-state index in [2.05, 4.69) is 168 Å².